The maximum absolute atomic E-state index is 5.85. The summed E-state index contributed by atoms with van der Waals surface area (Å²) in [4.78, 5) is 4.05. The van der Waals surface area contributed by atoms with E-state index in [4.69, 9.17) is 21.1 Å². The van der Waals surface area contributed by atoms with Crippen LogP contribution >= 0.6 is 23.4 Å². The number of thioether (sulfide) groups is 1. The van der Waals surface area contributed by atoms with Gasteiger partial charge in [-0.1, -0.05) is 35.5 Å². The summed E-state index contributed by atoms with van der Waals surface area (Å²) < 4.78 is 11.5. The molecule has 0 aliphatic carbocycles. The number of ether oxygens (including phenoxy) is 2. The molecule has 0 spiro atoms. The number of nitrogens with zero attached hydrogens (tertiary/aromatic N) is 2. The smallest absolute Gasteiger partial charge is 0.184 e. The summed E-state index contributed by atoms with van der Waals surface area (Å²) in [6, 6.07) is 7.50. The Bertz CT molecular complexity index is 520. The number of aromatic nitrogens is 3. The Balaban J connectivity index is 1.53. The van der Waals surface area contributed by atoms with Crippen molar-refractivity contribution in [3.63, 3.8) is 0 Å². The summed E-state index contributed by atoms with van der Waals surface area (Å²) in [6.07, 6.45) is 1.23. The molecule has 0 amide bonds. The fraction of sp³-hybridized carbons (Fsp3) is 0.333. The van der Waals surface area contributed by atoms with Crippen LogP contribution in [0.5, 0.6) is 0 Å². The lowest BCUT2D eigenvalue weighted by Gasteiger charge is -2.11. The van der Waals surface area contributed by atoms with E-state index in [2.05, 4.69) is 15.2 Å². The highest BCUT2D eigenvalue weighted by atomic mass is 35.5. The molecular formula is C12H12ClN3O2S. The first-order chi connectivity index (χ1) is 9.31. The van der Waals surface area contributed by atoms with Crippen molar-refractivity contribution in [1.29, 1.82) is 0 Å². The van der Waals surface area contributed by atoms with Crippen LogP contribution in [0.3, 0.4) is 0 Å². The minimum absolute atomic E-state index is 0.0516. The van der Waals surface area contributed by atoms with E-state index in [1.165, 1.54) is 6.33 Å². The van der Waals surface area contributed by atoms with Crippen molar-refractivity contribution in [1.82, 2.24) is 15.2 Å². The molecule has 2 atom stereocenters. The van der Waals surface area contributed by atoms with E-state index in [0.717, 1.165) is 16.5 Å². The lowest BCUT2D eigenvalue weighted by atomic mass is 10.2. The SMILES string of the molecule is Clc1ccc([C@@H]2OC[C@@H](CSc3ncn[nH]3)O2)cc1. The van der Waals surface area contributed by atoms with Crippen LogP contribution in [0.1, 0.15) is 11.9 Å². The second-order valence-electron chi connectivity index (χ2n) is 4.08. The monoisotopic (exact) mass is 297 g/mol. The second-order valence-corrected chi connectivity index (χ2v) is 5.52. The van der Waals surface area contributed by atoms with E-state index in [0.29, 0.717) is 11.6 Å². The third-order valence-electron chi connectivity index (χ3n) is 2.69. The molecule has 1 aromatic carbocycles. The maximum Gasteiger partial charge on any atom is 0.184 e. The van der Waals surface area contributed by atoms with Crippen molar-refractivity contribution in [2.75, 3.05) is 12.4 Å². The van der Waals surface area contributed by atoms with Crippen LogP contribution in [-0.4, -0.2) is 33.6 Å². The highest BCUT2D eigenvalue weighted by molar-refractivity contribution is 7.99. The lowest BCUT2D eigenvalue weighted by Crippen LogP contribution is -2.13. The lowest BCUT2D eigenvalue weighted by molar-refractivity contribution is -0.0565. The molecule has 0 saturated carbocycles. The summed E-state index contributed by atoms with van der Waals surface area (Å²) in [6.45, 7) is 0.578. The Morgan fingerprint density at radius 2 is 2.21 bits per heavy atom. The van der Waals surface area contributed by atoms with Crippen LogP contribution in [0.25, 0.3) is 0 Å². The molecule has 2 aromatic rings. The number of benzene rings is 1. The van der Waals surface area contributed by atoms with Crippen molar-refractivity contribution in [3.05, 3.63) is 41.2 Å². The molecule has 0 radical (unpaired) electrons. The van der Waals surface area contributed by atoms with E-state index in [9.17, 15) is 0 Å². The Morgan fingerprint density at radius 1 is 1.37 bits per heavy atom. The van der Waals surface area contributed by atoms with Crippen molar-refractivity contribution in [2.45, 2.75) is 17.6 Å². The van der Waals surface area contributed by atoms with Gasteiger partial charge in [0.25, 0.3) is 0 Å². The van der Waals surface area contributed by atoms with E-state index >= 15 is 0 Å². The summed E-state index contributed by atoms with van der Waals surface area (Å²) >= 11 is 7.42. The number of H-pyrrole nitrogens is 1. The van der Waals surface area contributed by atoms with Crippen LogP contribution in [0.2, 0.25) is 5.02 Å². The number of hydrogen-bond acceptors (Lipinski definition) is 5. The van der Waals surface area contributed by atoms with Gasteiger partial charge in [-0.3, -0.25) is 5.10 Å². The zero-order valence-electron chi connectivity index (χ0n) is 9.95. The third-order valence-corrected chi connectivity index (χ3v) is 3.95. The van der Waals surface area contributed by atoms with E-state index in [1.807, 2.05) is 24.3 Å². The van der Waals surface area contributed by atoms with Crippen molar-refractivity contribution in [3.8, 4) is 0 Å². The number of rotatable bonds is 4. The van der Waals surface area contributed by atoms with Gasteiger partial charge in [-0.15, -0.1) is 0 Å². The highest BCUT2D eigenvalue weighted by Crippen LogP contribution is 2.29. The number of halogens is 1. The molecule has 1 aromatic heterocycles. The van der Waals surface area contributed by atoms with Gasteiger partial charge in [0.1, 0.15) is 6.33 Å². The molecular weight excluding hydrogens is 286 g/mol. The number of nitrogens with one attached hydrogen (secondary N) is 1. The molecule has 1 saturated heterocycles. The van der Waals surface area contributed by atoms with Gasteiger partial charge in [0.15, 0.2) is 11.4 Å². The van der Waals surface area contributed by atoms with Crippen LogP contribution in [0, 0.1) is 0 Å². The summed E-state index contributed by atoms with van der Waals surface area (Å²) in [5, 5.41) is 8.10. The van der Waals surface area contributed by atoms with Gasteiger partial charge in [-0.2, -0.15) is 5.10 Å². The Hall–Kier alpha value is -1.08. The first-order valence-corrected chi connectivity index (χ1v) is 7.18. The standard InChI is InChI=1S/C12H12ClN3O2S/c13-9-3-1-8(2-4-9)11-17-5-10(18-11)6-19-12-14-7-15-16-12/h1-4,7,10-11H,5-6H2,(H,14,15,16)/t10-,11+/m0/s1. The fourth-order valence-corrected chi connectivity index (χ4v) is 2.65. The zero-order chi connectivity index (χ0) is 13.1. The van der Waals surface area contributed by atoms with Crippen molar-refractivity contribution in [2.24, 2.45) is 0 Å². The van der Waals surface area contributed by atoms with Gasteiger partial charge in [0.05, 0.1) is 12.7 Å². The van der Waals surface area contributed by atoms with Crippen LogP contribution < -0.4 is 0 Å². The average Bonchev–Trinajstić information content (AvgIpc) is 3.09. The Kier molecular flexibility index (Phi) is 4.03. The van der Waals surface area contributed by atoms with Crippen molar-refractivity contribution >= 4 is 23.4 Å². The quantitative estimate of drug-likeness (QED) is 0.879. The molecule has 1 fully saturated rings. The molecule has 0 unspecified atom stereocenters. The fourth-order valence-electron chi connectivity index (χ4n) is 1.77. The number of hydrogen-bond donors (Lipinski definition) is 1. The van der Waals surface area contributed by atoms with E-state index in [-0.39, 0.29) is 12.4 Å². The normalized spacial score (nSPS) is 22.8. The summed E-state index contributed by atoms with van der Waals surface area (Å²) in [7, 11) is 0. The van der Waals surface area contributed by atoms with Gasteiger partial charge < -0.3 is 9.47 Å². The van der Waals surface area contributed by atoms with Gasteiger partial charge in [-0.05, 0) is 12.1 Å². The molecule has 0 bridgehead atoms. The van der Waals surface area contributed by atoms with E-state index in [1.54, 1.807) is 11.8 Å². The van der Waals surface area contributed by atoms with Crippen molar-refractivity contribution < 1.29 is 9.47 Å². The molecule has 1 aliphatic heterocycles. The first-order valence-electron chi connectivity index (χ1n) is 5.82. The highest BCUT2D eigenvalue weighted by Gasteiger charge is 2.27. The topological polar surface area (TPSA) is 60.0 Å². The van der Waals surface area contributed by atoms with Gasteiger partial charge >= 0.3 is 0 Å². The number of aromatic amines is 1. The molecule has 100 valence electrons. The second kappa shape index (κ2) is 5.92. The predicted octanol–water partition coefficient (Wildman–Crippen LogP) is 2.66. The molecule has 3 rings (SSSR count). The Morgan fingerprint density at radius 3 is 2.95 bits per heavy atom. The average molecular weight is 298 g/mol. The van der Waals surface area contributed by atoms with Crippen LogP contribution in [-0.2, 0) is 9.47 Å². The Labute approximate surface area is 119 Å². The largest absolute Gasteiger partial charge is 0.346 e. The molecule has 1 aliphatic rings. The van der Waals surface area contributed by atoms with Gasteiger partial charge in [0, 0.05) is 16.3 Å². The van der Waals surface area contributed by atoms with Gasteiger partial charge in [0.2, 0.25) is 0 Å². The summed E-state index contributed by atoms with van der Waals surface area (Å²) in [5.41, 5.74) is 0.983. The maximum atomic E-state index is 5.85. The zero-order valence-corrected chi connectivity index (χ0v) is 11.5. The molecule has 19 heavy (non-hydrogen) atoms. The minimum Gasteiger partial charge on any atom is -0.346 e. The third kappa shape index (κ3) is 3.27. The predicted molar refractivity (Wildman–Crippen MR) is 72.1 cm³/mol. The minimum atomic E-state index is -0.308. The van der Waals surface area contributed by atoms with E-state index < -0.39 is 0 Å². The molecule has 1 N–H and O–H groups in total. The molecule has 5 nitrogen and oxygen atoms in total. The van der Waals surface area contributed by atoms with Gasteiger partial charge in [-0.25, -0.2) is 4.98 Å². The van der Waals surface area contributed by atoms with Crippen LogP contribution in [0.4, 0.5) is 0 Å². The van der Waals surface area contributed by atoms with Crippen LogP contribution in [0.15, 0.2) is 35.7 Å². The summed E-state index contributed by atoms with van der Waals surface area (Å²) in [5.74, 6) is 0.777. The first kappa shape index (κ1) is 12.9. The molecule has 7 heteroatoms. The molecule has 2 heterocycles.